The Morgan fingerprint density at radius 1 is 0.762 bits per heavy atom. The van der Waals surface area contributed by atoms with Crippen molar-refractivity contribution in [3.05, 3.63) is 35.4 Å². The van der Waals surface area contributed by atoms with E-state index in [0.717, 1.165) is 18.8 Å². The summed E-state index contributed by atoms with van der Waals surface area (Å²) in [5.74, 6) is 2.56. The van der Waals surface area contributed by atoms with E-state index >= 15 is 0 Å². The molecule has 42 heavy (non-hydrogen) atoms. The molecule has 234 valence electrons. The Morgan fingerprint density at radius 2 is 1.33 bits per heavy atom. The van der Waals surface area contributed by atoms with Crippen LogP contribution in [0.1, 0.15) is 158 Å². The Kier molecular flexibility index (Phi) is 9.71. The molecule has 0 aromatic heterocycles. The Hall–Kier alpha value is -1.39. The largest absolute Gasteiger partial charge is 0.478 e. The highest BCUT2D eigenvalue weighted by Crippen LogP contribution is 2.59. The highest BCUT2D eigenvalue weighted by molar-refractivity contribution is 5.87. The Balaban J connectivity index is 1.29. The van der Waals surface area contributed by atoms with Gasteiger partial charge in [0.15, 0.2) is 0 Å². The molecule has 3 aliphatic carbocycles. The van der Waals surface area contributed by atoms with Crippen LogP contribution in [0, 0.1) is 29.6 Å². The van der Waals surface area contributed by atoms with Crippen LogP contribution in [0.2, 0.25) is 0 Å². The third-order valence-corrected chi connectivity index (χ3v) is 13.1. The van der Waals surface area contributed by atoms with Crippen molar-refractivity contribution < 1.29 is 14.6 Å². The summed E-state index contributed by atoms with van der Waals surface area (Å²) >= 11 is 0. The van der Waals surface area contributed by atoms with Crippen molar-refractivity contribution in [2.75, 3.05) is 0 Å². The lowest BCUT2D eigenvalue weighted by Gasteiger charge is -2.51. The number of benzene rings is 1. The second-order valence-corrected chi connectivity index (χ2v) is 15.4. The van der Waals surface area contributed by atoms with Gasteiger partial charge >= 0.3 is 5.97 Å². The lowest BCUT2D eigenvalue weighted by molar-refractivity contribution is -0.165. The number of fused-ring (bicyclic) bond motifs is 1. The number of nitrogens with one attached hydrogen (secondary N) is 1. The molecule has 5 fully saturated rings. The molecule has 2 aliphatic heterocycles. The monoisotopic (exact) mass is 577 g/mol. The molecule has 0 bridgehead atoms. The van der Waals surface area contributed by atoms with Gasteiger partial charge in [-0.05, 0) is 105 Å². The van der Waals surface area contributed by atoms with Crippen molar-refractivity contribution in [2.45, 2.75) is 166 Å². The number of carbonyl (C=O) groups is 1. The van der Waals surface area contributed by atoms with Crippen LogP contribution in [0.5, 0.6) is 0 Å². The summed E-state index contributed by atoms with van der Waals surface area (Å²) in [4.78, 5) is 11.7. The Labute approximate surface area is 256 Å². The predicted octanol–water partition coefficient (Wildman–Crippen LogP) is 9.65. The third kappa shape index (κ3) is 5.85. The number of hydrogen-bond donors (Lipinski definition) is 2. The van der Waals surface area contributed by atoms with E-state index in [9.17, 15) is 9.90 Å². The van der Waals surface area contributed by atoms with Crippen LogP contribution in [-0.4, -0.2) is 28.8 Å². The number of carboxylic acids is 1. The summed E-state index contributed by atoms with van der Waals surface area (Å²) in [6.07, 6.45) is 26.9. The maximum absolute atomic E-state index is 11.7. The average molecular weight is 578 g/mol. The molecule has 2 N–H and O–H groups in total. The molecule has 7 atom stereocenters. The van der Waals surface area contributed by atoms with E-state index in [4.69, 9.17) is 4.74 Å². The zero-order valence-corrected chi connectivity index (χ0v) is 26.8. The van der Waals surface area contributed by atoms with Crippen LogP contribution < -0.4 is 5.32 Å². The number of aromatic carboxylic acids is 1. The van der Waals surface area contributed by atoms with Crippen molar-refractivity contribution >= 4 is 5.97 Å². The first-order valence-electron chi connectivity index (χ1n) is 18.2. The van der Waals surface area contributed by atoms with Crippen LogP contribution >= 0.6 is 0 Å². The molecule has 0 radical (unpaired) electrons. The molecular formula is C38H59NO3. The summed E-state index contributed by atoms with van der Waals surface area (Å²) in [7, 11) is 0. The minimum atomic E-state index is -0.834. The summed E-state index contributed by atoms with van der Waals surface area (Å²) in [5.41, 5.74) is 1.69. The van der Waals surface area contributed by atoms with Gasteiger partial charge < -0.3 is 15.2 Å². The summed E-state index contributed by atoms with van der Waals surface area (Å²) in [6, 6.07) is 8.33. The molecule has 2 heterocycles. The van der Waals surface area contributed by atoms with E-state index in [-0.39, 0.29) is 11.1 Å². The van der Waals surface area contributed by atoms with E-state index in [1.54, 1.807) is 0 Å². The van der Waals surface area contributed by atoms with Gasteiger partial charge in [0.25, 0.3) is 0 Å². The molecule has 0 amide bonds. The minimum Gasteiger partial charge on any atom is -0.478 e. The van der Waals surface area contributed by atoms with Gasteiger partial charge in [-0.15, -0.1) is 0 Å². The van der Waals surface area contributed by atoms with Gasteiger partial charge in [-0.1, -0.05) is 96.6 Å². The van der Waals surface area contributed by atoms with Crippen LogP contribution in [0.4, 0.5) is 0 Å². The van der Waals surface area contributed by atoms with E-state index in [1.807, 2.05) is 12.1 Å². The van der Waals surface area contributed by atoms with Crippen LogP contribution in [-0.2, 0) is 10.3 Å². The Bertz CT molecular complexity index is 1020. The lowest BCUT2D eigenvalue weighted by Crippen LogP contribution is -2.54. The minimum absolute atomic E-state index is 0.0585. The van der Waals surface area contributed by atoms with Gasteiger partial charge in [0, 0.05) is 11.6 Å². The van der Waals surface area contributed by atoms with Crippen LogP contribution in [0.25, 0.3) is 0 Å². The van der Waals surface area contributed by atoms with Gasteiger partial charge in [0.2, 0.25) is 0 Å². The molecule has 1 aromatic rings. The highest BCUT2D eigenvalue weighted by atomic mass is 16.5. The fourth-order valence-electron chi connectivity index (χ4n) is 10.8. The third-order valence-electron chi connectivity index (χ3n) is 13.1. The summed E-state index contributed by atoms with van der Waals surface area (Å²) in [6.45, 7) is 5.08. The van der Waals surface area contributed by atoms with Crippen molar-refractivity contribution in [1.82, 2.24) is 5.32 Å². The number of rotatable bonds is 5. The first kappa shape index (κ1) is 30.6. The fourth-order valence-corrected chi connectivity index (χ4v) is 10.8. The van der Waals surface area contributed by atoms with Gasteiger partial charge in [0.1, 0.15) is 0 Å². The second-order valence-electron chi connectivity index (χ2n) is 15.4. The molecule has 1 aromatic carbocycles. The first-order valence-corrected chi connectivity index (χ1v) is 18.2. The topological polar surface area (TPSA) is 58.6 Å². The van der Waals surface area contributed by atoms with Gasteiger partial charge in [0.05, 0.1) is 17.3 Å². The number of hydrogen-bond acceptors (Lipinski definition) is 3. The predicted molar refractivity (Wildman–Crippen MR) is 171 cm³/mol. The van der Waals surface area contributed by atoms with Gasteiger partial charge in [-0.2, -0.15) is 0 Å². The maximum Gasteiger partial charge on any atom is 0.335 e. The molecule has 7 unspecified atom stereocenters. The summed E-state index contributed by atoms with van der Waals surface area (Å²) < 4.78 is 7.67. The van der Waals surface area contributed by atoms with Gasteiger partial charge in [-0.3, -0.25) is 0 Å². The molecule has 5 aliphatic rings. The van der Waals surface area contributed by atoms with Gasteiger partial charge in [-0.25, -0.2) is 4.79 Å². The lowest BCUT2D eigenvalue weighted by atomic mass is 9.58. The zero-order chi connectivity index (χ0) is 29.2. The smallest absolute Gasteiger partial charge is 0.335 e. The average Bonchev–Trinajstić information content (AvgIpc) is 3.62. The molecule has 4 heteroatoms. The number of carboxylic acid groups (broad SMARTS) is 1. The Morgan fingerprint density at radius 3 is 1.93 bits per heavy atom. The van der Waals surface area contributed by atoms with E-state index < -0.39 is 5.97 Å². The van der Waals surface area contributed by atoms with Crippen molar-refractivity contribution in [2.24, 2.45) is 29.6 Å². The zero-order valence-electron chi connectivity index (χ0n) is 26.8. The van der Waals surface area contributed by atoms with E-state index in [1.165, 1.54) is 121 Å². The molecule has 2 saturated heterocycles. The standard InChI is InChI=1S/C38H59NO3/c1-27-18-19-28(2)38(32-16-12-6-3-4-7-13-17-32)33(27)26-35(42-38)34-24-25-37(39-34,30-14-10-8-5-9-11-15-30)31-22-20-29(21-23-31)36(40)41/h20-23,27-28,30,32-35,39H,3-19,24-26H2,1-2H3,(H,40,41). The first-order chi connectivity index (χ1) is 20.4. The van der Waals surface area contributed by atoms with Crippen molar-refractivity contribution in [1.29, 1.82) is 0 Å². The summed E-state index contributed by atoms with van der Waals surface area (Å²) in [5, 5.41) is 13.9. The van der Waals surface area contributed by atoms with E-state index in [0.29, 0.717) is 41.4 Å². The normalized spacial score (nSPS) is 39.4. The quantitative estimate of drug-likeness (QED) is 0.366. The van der Waals surface area contributed by atoms with Crippen molar-refractivity contribution in [3.63, 3.8) is 0 Å². The van der Waals surface area contributed by atoms with Crippen LogP contribution in [0.15, 0.2) is 24.3 Å². The fraction of sp³-hybridized carbons (Fsp3) is 0.816. The maximum atomic E-state index is 11.7. The molecule has 0 spiro atoms. The van der Waals surface area contributed by atoms with Crippen LogP contribution in [0.3, 0.4) is 0 Å². The van der Waals surface area contributed by atoms with Crippen molar-refractivity contribution in [3.8, 4) is 0 Å². The number of ether oxygens (including phenoxy) is 1. The highest BCUT2D eigenvalue weighted by Gasteiger charge is 2.61. The molecule has 6 rings (SSSR count). The second kappa shape index (κ2) is 13.3. The molecular weight excluding hydrogens is 518 g/mol. The SMILES string of the molecule is CC1CCC(C)C2(C3CCCCCCCC3)OC(C3CCC(c4ccc(C(=O)O)cc4)(C4CCCCCCC4)N3)CC12. The van der Waals surface area contributed by atoms with E-state index in [2.05, 4.69) is 31.3 Å². The molecule has 4 nitrogen and oxygen atoms in total. The molecule has 3 saturated carbocycles.